The monoisotopic (exact) mass is 356 g/mol. The number of hydrogen-bond acceptors (Lipinski definition) is 4. The molecule has 26 heavy (non-hydrogen) atoms. The van der Waals surface area contributed by atoms with Crippen molar-refractivity contribution in [2.45, 2.75) is 33.8 Å². The molecular formula is C20H24N2O4. The molecule has 0 radical (unpaired) electrons. The standard InChI is InChI=1S/C20H24N2O4/c1-13-9-10-17(11-15(13)3)26-16(4)20(24)22-21-19(23)12-25-18-8-6-5-7-14(18)2/h5-11,16H,12H2,1-4H3,(H,21,23)(H,22,24). The Morgan fingerprint density at radius 2 is 1.69 bits per heavy atom. The van der Waals surface area contributed by atoms with E-state index >= 15 is 0 Å². The first kappa shape index (κ1) is 19.3. The molecule has 0 aromatic heterocycles. The molecule has 2 amide bonds. The quantitative estimate of drug-likeness (QED) is 0.780. The van der Waals surface area contributed by atoms with Crippen molar-refractivity contribution in [2.24, 2.45) is 0 Å². The molecule has 0 spiro atoms. The second-order valence-electron chi connectivity index (χ2n) is 6.10. The largest absolute Gasteiger partial charge is 0.483 e. The lowest BCUT2D eigenvalue weighted by atomic mass is 10.1. The minimum Gasteiger partial charge on any atom is -0.483 e. The van der Waals surface area contributed by atoms with Gasteiger partial charge in [0.2, 0.25) is 0 Å². The van der Waals surface area contributed by atoms with Crippen LogP contribution in [0.1, 0.15) is 23.6 Å². The zero-order valence-electron chi connectivity index (χ0n) is 15.5. The molecule has 0 fully saturated rings. The number of nitrogens with one attached hydrogen (secondary N) is 2. The molecule has 0 heterocycles. The lowest BCUT2D eigenvalue weighted by Crippen LogP contribution is -2.48. The number of amides is 2. The van der Waals surface area contributed by atoms with Gasteiger partial charge < -0.3 is 9.47 Å². The molecule has 2 N–H and O–H groups in total. The van der Waals surface area contributed by atoms with Gasteiger partial charge in [-0.3, -0.25) is 20.4 Å². The summed E-state index contributed by atoms with van der Waals surface area (Å²) in [6.07, 6.45) is -0.755. The maximum atomic E-state index is 12.0. The smallest absolute Gasteiger partial charge is 0.279 e. The molecule has 2 rings (SSSR count). The van der Waals surface area contributed by atoms with Crippen molar-refractivity contribution < 1.29 is 19.1 Å². The SMILES string of the molecule is Cc1ccc(OC(C)C(=O)NNC(=O)COc2ccccc2C)cc1C. The van der Waals surface area contributed by atoms with Crippen LogP contribution < -0.4 is 20.3 Å². The lowest BCUT2D eigenvalue weighted by Gasteiger charge is -2.16. The molecule has 0 saturated heterocycles. The molecule has 1 unspecified atom stereocenters. The van der Waals surface area contributed by atoms with Crippen LogP contribution in [-0.2, 0) is 9.59 Å². The van der Waals surface area contributed by atoms with Gasteiger partial charge in [0, 0.05) is 0 Å². The van der Waals surface area contributed by atoms with E-state index in [1.54, 1.807) is 19.1 Å². The van der Waals surface area contributed by atoms with Crippen LogP contribution in [0.3, 0.4) is 0 Å². The highest BCUT2D eigenvalue weighted by Gasteiger charge is 2.16. The summed E-state index contributed by atoms with van der Waals surface area (Å²) in [7, 11) is 0. The zero-order valence-corrected chi connectivity index (χ0v) is 15.5. The average molecular weight is 356 g/mol. The summed E-state index contributed by atoms with van der Waals surface area (Å²) in [5, 5.41) is 0. The number of benzene rings is 2. The summed E-state index contributed by atoms with van der Waals surface area (Å²) in [5.41, 5.74) is 7.81. The first-order chi connectivity index (χ1) is 12.4. The molecule has 2 aromatic rings. The maximum absolute atomic E-state index is 12.0. The molecule has 1 atom stereocenters. The minimum absolute atomic E-state index is 0.197. The van der Waals surface area contributed by atoms with E-state index in [0.29, 0.717) is 11.5 Å². The fourth-order valence-electron chi connectivity index (χ4n) is 2.18. The maximum Gasteiger partial charge on any atom is 0.279 e. The third-order valence-corrected chi connectivity index (χ3v) is 3.94. The van der Waals surface area contributed by atoms with Crippen LogP contribution >= 0.6 is 0 Å². The number of carbonyl (C=O) groups is 2. The Balaban J connectivity index is 1.77. The Labute approximate surface area is 153 Å². The van der Waals surface area contributed by atoms with E-state index in [2.05, 4.69) is 10.9 Å². The molecule has 138 valence electrons. The van der Waals surface area contributed by atoms with Gasteiger partial charge in [-0.1, -0.05) is 24.3 Å². The fourth-order valence-corrected chi connectivity index (χ4v) is 2.18. The molecule has 0 aliphatic rings. The summed E-state index contributed by atoms with van der Waals surface area (Å²) >= 11 is 0. The fraction of sp³-hybridized carbons (Fsp3) is 0.300. The molecular weight excluding hydrogens is 332 g/mol. The van der Waals surface area contributed by atoms with Gasteiger partial charge in [-0.05, 0) is 62.6 Å². The second-order valence-corrected chi connectivity index (χ2v) is 6.10. The number of aryl methyl sites for hydroxylation is 3. The van der Waals surface area contributed by atoms with Crippen LogP contribution in [0.4, 0.5) is 0 Å². The molecule has 6 nitrogen and oxygen atoms in total. The van der Waals surface area contributed by atoms with Gasteiger partial charge in [0.15, 0.2) is 12.7 Å². The predicted molar refractivity (Wildman–Crippen MR) is 99.0 cm³/mol. The predicted octanol–water partition coefficient (Wildman–Crippen LogP) is 2.61. The van der Waals surface area contributed by atoms with Crippen LogP contribution in [-0.4, -0.2) is 24.5 Å². The van der Waals surface area contributed by atoms with Gasteiger partial charge in [0.1, 0.15) is 11.5 Å². The van der Waals surface area contributed by atoms with E-state index in [1.807, 2.05) is 51.1 Å². The minimum atomic E-state index is -0.755. The number of carbonyl (C=O) groups excluding carboxylic acids is 2. The molecule has 2 aromatic carbocycles. The molecule has 0 saturated carbocycles. The van der Waals surface area contributed by atoms with E-state index in [-0.39, 0.29) is 6.61 Å². The third kappa shape index (κ3) is 5.51. The van der Waals surface area contributed by atoms with Gasteiger partial charge in [0.05, 0.1) is 0 Å². The Morgan fingerprint density at radius 1 is 0.962 bits per heavy atom. The normalized spacial score (nSPS) is 11.4. The number of para-hydroxylation sites is 1. The molecule has 6 heteroatoms. The van der Waals surface area contributed by atoms with E-state index in [0.717, 1.165) is 16.7 Å². The van der Waals surface area contributed by atoms with Crippen LogP contribution in [0.5, 0.6) is 11.5 Å². The van der Waals surface area contributed by atoms with E-state index in [9.17, 15) is 9.59 Å². The lowest BCUT2D eigenvalue weighted by molar-refractivity contribution is -0.133. The van der Waals surface area contributed by atoms with E-state index < -0.39 is 17.9 Å². The van der Waals surface area contributed by atoms with Crippen molar-refractivity contribution in [2.75, 3.05) is 6.61 Å². The van der Waals surface area contributed by atoms with Crippen molar-refractivity contribution in [1.29, 1.82) is 0 Å². The topological polar surface area (TPSA) is 76.7 Å². The highest BCUT2D eigenvalue weighted by atomic mass is 16.5. The van der Waals surface area contributed by atoms with Gasteiger partial charge in [0.25, 0.3) is 11.8 Å². The summed E-state index contributed by atoms with van der Waals surface area (Å²) in [4.78, 5) is 23.8. The van der Waals surface area contributed by atoms with Crippen LogP contribution in [0, 0.1) is 20.8 Å². The van der Waals surface area contributed by atoms with Crippen molar-refractivity contribution in [3.8, 4) is 11.5 Å². The third-order valence-electron chi connectivity index (χ3n) is 3.94. The number of ether oxygens (including phenoxy) is 2. The van der Waals surface area contributed by atoms with Gasteiger partial charge in [-0.2, -0.15) is 0 Å². The van der Waals surface area contributed by atoms with Gasteiger partial charge >= 0.3 is 0 Å². The number of rotatable bonds is 6. The van der Waals surface area contributed by atoms with Crippen LogP contribution in [0.2, 0.25) is 0 Å². The Kier molecular flexibility index (Phi) is 6.60. The van der Waals surface area contributed by atoms with Crippen molar-refractivity contribution >= 4 is 11.8 Å². The Morgan fingerprint density at radius 3 is 2.38 bits per heavy atom. The Bertz CT molecular complexity index is 789. The van der Waals surface area contributed by atoms with Gasteiger partial charge in [-0.15, -0.1) is 0 Å². The summed E-state index contributed by atoms with van der Waals surface area (Å²) in [6, 6.07) is 13.0. The number of hydrazine groups is 1. The zero-order chi connectivity index (χ0) is 19.1. The highest BCUT2D eigenvalue weighted by molar-refractivity contribution is 5.85. The molecule has 0 bridgehead atoms. The number of hydrogen-bond donors (Lipinski definition) is 2. The first-order valence-electron chi connectivity index (χ1n) is 8.38. The summed E-state index contributed by atoms with van der Waals surface area (Å²) in [6.45, 7) is 7.28. The highest BCUT2D eigenvalue weighted by Crippen LogP contribution is 2.18. The first-order valence-corrected chi connectivity index (χ1v) is 8.38. The van der Waals surface area contributed by atoms with E-state index in [4.69, 9.17) is 9.47 Å². The second kappa shape index (κ2) is 8.89. The van der Waals surface area contributed by atoms with Crippen molar-refractivity contribution in [3.63, 3.8) is 0 Å². The van der Waals surface area contributed by atoms with Gasteiger partial charge in [-0.25, -0.2) is 0 Å². The molecule has 0 aliphatic heterocycles. The summed E-state index contributed by atoms with van der Waals surface area (Å²) < 4.78 is 11.0. The summed E-state index contributed by atoms with van der Waals surface area (Å²) in [5.74, 6) is 0.317. The van der Waals surface area contributed by atoms with Crippen LogP contribution in [0.25, 0.3) is 0 Å². The Hall–Kier alpha value is -3.02. The molecule has 0 aliphatic carbocycles. The average Bonchev–Trinajstić information content (AvgIpc) is 2.62. The van der Waals surface area contributed by atoms with Crippen LogP contribution in [0.15, 0.2) is 42.5 Å². The van der Waals surface area contributed by atoms with Crippen molar-refractivity contribution in [1.82, 2.24) is 10.9 Å². The van der Waals surface area contributed by atoms with E-state index in [1.165, 1.54) is 0 Å². The van der Waals surface area contributed by atoms with Crippen molar-refractivity contribution in [3.05, 3.63) is 59.2 Å².